The van der Waals surface area contributed by atoms with Crippen molar-refractivity contribution in [2.24, 2.45) is 0 Å². The van der Waals surface area contributed by atoms with Crippen molar-refractivity contribution in [3.05, 3.63) is 52.1 Å². The second kappa shape index (κ2) is 8.39. The highest BCUT2D eigenvalue weighted by molar-refractivity contribution is 7.17. The molecule has 1 aliphatic heterocycles. The Kier molecular flexibility index (Phi) is 5.69. The van der Waals surface area contributed by atoms with Crippen molar-refractivity contribution in [3.8, 4) is 0 Å². The molecule has 0 spiro atoms. The first kappa shape index (κ1) is 19.7. The van der Waals surface area contributed by atoms with Crippen molar-refractivity contribution >= 4 is 39.2 Å². The summed E-state index contributed by atoms with van der Waals surface area (Å²) in [5.74, 6) is -0.524. The summed E-state index contributed by atoms with van der Waals surface area (Å²) >= 11 is 1.46. The molecule has 0 saturated carbocycles. The Morgan fingerprint density at radius 1 is 1.28 bits per heavy atom. The number of hydrogen-bond acceptors (Lipinski definition) is 6. The molecule has 2 aromatic heterocycles. The number of carbonyl (C=O) groups excluding carboxylic acids is 2. The third kappa shape index (κ3) is 3.93. The van der Waals surface area contributed by atoms with E-state index in [-0.39, 0.29) is 17.6 Å². The number of rotatable bonds is 6. The summed E-state index contributed by atoms with van der Waals surface area (Å²) < 4.78 is 11.0. The first-order chi connectivity index (χ1) is 14.1. The molecule has 1 aliphatic rings. The SMILES string of the molecule is CCCN1CCc2c(sc(NC(=O)c3cc4ccccc4o3)c2C(=O)OCC)C1. The van der Waals surface area contributed by atoms with E-state index >= 15 is 0 Å². The minimum atomic E-state index is -0.381. The minimum absolute atomic E-state index is 0.222. The van der Waals surface area contributed by atoms with Crippen molar-refractivity contribution in [1.82, 2.24) is 4.90 Å². The number of nitrogens with zero attached hydrogens (tertiary/aromatic N) is 1. The van der Waals surface area contributed by atoms with E-state index in [1.165, 1.54) is 11.3 Å². The lowest BCUT2D eigenvalue weighted by molar-refractivity contribution is 0.0526. The highest BCUT2D eigenvalue weighted by atomic mass is 32.1. The van der Waals surface area contributed by atoms with Gasteiger partial charge in [0.1, 0.15) is 10.6 Å². The van der Waals surface area contributed by atoms with Crippen LogP contribution in [0.25, 0.3) is 11.0 Å². The Balaban J connectivity index is 1.65. The molecule has 0 unspecified atom stereocenters. The van der Waals surface area contributed by atoms with Gasteiger partial charge in [-0.3, -0.25) is 9.69 Å². The number of fused-ring (bicyclic) bond motifs is 2. The van der Waals surface area contributed by atoms with Gasteiger partial charge in [-0.15, -0.1) is 11.3 Å². The Bertz CT molecular complexity index is 1020. The molecular weight excluding hydrogens is 388 g/mol. The minimum Gasteiger partial charge on any atom is -0.462 e. The van der Waals surface area contributed by atoms with Gasteiger partial charge in [-0.1, -0.05) is 25.1 Å². The van der Waals surface area contributed by atoms with Gasteiger partial charge in [-0.2, -0.15) is 0 Å². The topological polar surface area (TPSA) is 71.8 Å². The first-order valence-corrected chi connectivity index (χ1v) is 10.8. The average molecular weight is 413 g/mol. The number of amides is 1. The highest BCUT2D eigenvalue weighted by Crippen LogP contribution is 2.38. The second-order valence-corrected chi connectivity index (χ2v) is 8.16. The molecule has 4 rings (SSSR count). The fraction of sp³-hybridized carbons (Fsp3) is 0.364. The van der Waals surface area contributed by atoms with Gasteiger partial charge in [0.05, 0.1) is 12.2 Å². The van der Waals surface area contributed by atoms with Gasteiger partial charge < -0.3 is 14.5 Å². The number of hydrogen-bond donors (Lipinski definition) is 1. The van der Waals surface area contributed by atoms with E-state index in [0.29, 0.717) is 22.8 Å². The van der Waals surface area contributed by atoms with Gasteiger partial charge in [-0.05, 0) is 44.0 Å². The highest BCUT2D eigenvalue weighted by Gasteiger charge is 2.29. The van der Waals surface area contributed by atoms with E-state index in [9.17, 15) is 9.59 Å². The molecule has 0 aliphatic carbocycles. The molecule has 3 heterocycles. The van der Waals surface area contributed by atoms with E-state index in [4.69, 9.17) is 9.15 Å². The van der Waals surface area contributed by atoms with Crippen molar-refractivity contribution in [2.75, 3.05) is 25.0 Å². The van der Waals surface area contributed by atoms with Crippen molar-refractivity contribution in [1.29, 1.82) is 0 Å². The molecule has 1 amide bonds. The zero-order valence-electron chi connectivity index (χ0n) is 16.6. The fourth-order valence-corrected chi connectivity index (χ4v) is 5.00. The number of nitrogens with one attached hydrogen (secondary N) is 1. The Morgan fingerprint density at radius 3 is 2.86 bits per heavy atom. The Hall–Kier alpha value is -2.64. The van der Waals surface area contributed by atoms with Crippen LogP contribution in [0.1, 0.15) is 51.6 Å². The van der Waals surface area contributed by atoms with E-state index < -0.39 is 0 Å². The average Bonchev–Trinajstić information content (AvgIpc) is 3.29. The normalized spacial score (nSPS) is 14.0. The van der Waals surface area contributed by atoms with Crippen LogP contribution in [0.2, 0.25) is 0 Å². The molecule has 6 nitrogen and oxygen atoms in total. The summed E-state index contributed by atoms with van der Waals surface area (Å²) in [6.45, 7) is 6.95. The van der Waals surface area contributed by atoms with Crippen LogP contribution in [0.3, 0.4) is 0 Å². The number of esters is 1. The molecule has 1 N–H and O–H groups in total. The first-order valence-electron chi connectivity index (χ1n) is 9.94. The smallest absolute Gasteiger partial charge is 0.341 e. The van der Waals surface area contributed by atoms with Crippen LogP contribution in [0.5, 0.6) is 0 Å². The third-order valence-corrected chi connectivity index (χ3v) is 6.16. The van der Waals surface area contributed by atoms with E-state index in [2.05, 4.69) is 17.1 Å². The lowest BCUT2D eigenvalue weighted by Crippen LogP contribution is -2.30. The molecule has 0 saturated heterocycles. The number of para-hydroxylation sites is 1. The van der Waals surface area contributed by atoms with E-state index in [1.54, 1.807) is 13.0 Å². The molecule has 1 aromatic carbocycles. The molecule has 0 atom stereocenters. The number of furan rings is 1. The summed E-state index contributed by atoms with van der Waals surface area (Å²) in [7, 11) is 0. The van der Waals surface area contributed by atoms with E-state index in [1.807, 2.05) is 24.3 Å². The maximum atomic E-state index is 12.8. The standard InChI is InChI=1S/C22H24N2O4S/c1-3-10-24-11-9-15-18(13-24)29-21(19(15)22(26)27-4-2)23-20(25)17-12-14-7-5-6-8-16(14)28-17/h5-8,12H,3-4,9-11,13H2,1-2H3,(H,23,25). The lowest BCUT2D eigenvalue weighted by atomic mass is 10.0. The summed E-state index contributed by atoms with van der Waals surface area (Å²) in [4.78, 5) is 29.0. The molecular formula is C22H24N2O4S. The predicted molar refractivity (Wildman–Crippen MR) is 114 cm³/mol. The fourth-order valence-electron chi connectivity index (χ4n) is 3.73. The molecule has 152 valence electrons. The van der Waals surface area contributed by atoms with Gasteiger partial charge in [0, 0.05) is 23.4 Å². The van der Waals surface area contributed by atoms with Crippen LogP contribution < -0.4 is 5.32 Å². The van der Waals surface area contributed by atoms with Gasteiger partial charge in [0.25, 0.3) is 5.91 Å². The van der Waals surface area contributed by atoms with Crippen LogP contribution in [0, 0.1) is 0 Å². The maximum Gasteiger partial charge on any atom is 0.341 e. The van der Waals surface area contributed by atoms with Gasteiger partial charge in [-0.25, -0.2) is 4.79 Å². The summed E-state index contributed by atoms with van der Waals surface area (Å²) in [5, 5.41) is 4.30. The number of carbonyl (C=O) groups is 2. The van der Waals surface area contributed by atoms with Gasteiger partial charge in [0.15, 0.2) is 5.76 Å². The van der Waals surface area contributed by atoms with Crippen molar-refractivity contribution < 1.29 is 18.7 Å². The largest absolute Gasteiger partial charge is 0.462 e. The van der Waals surface area contributed by atoms with Crippen LogP contribution in [-0.2, 0) is 17.7 Å². The number of anilines is 1. The molecule has 29 heavy (non-hydrogen) atoms. The quantitative estimate of drug-likeness (QED) is 0.595. The summed E-state index contributed by atoms with van der Waals surface area (Å²) in [5.41, 5.74) is 2.15. The van der Waals surface area contributed by atoms with Crippen molar-refractivity contribution in [2.45, 2.75) is 33.2 Å². The molecule has 3 aromatic rings. The molecule has 0 radical (unpaired) electrons. The molecule has 0 fully saturated rings. The number of benzene rings is 1. The van der Waals surface area contributed by atoms with Crippen LogP contribution in [0.4, 0.5) is 5.00 Å². The lowest BCUT2D eigenvalue weighted by Gasteiger charge is -2.26. The molecule has 0 bridgehead atoms. The Morgan fingerprint density at radius 2 is 2.10 bits per heavy atom. The Labute approximate surface area is 173 Å². The maximum absolute atomic E-state index is 12.8. The van der Waals surface area contributed by atoms with E-state index in [0.717, 1.165) is 48.3 Å². The van der Waals surface area contributed by atoms with Crippen LogP contribution >= 0.6 is 11.3 Å². The zero-order valence-corrected chi connectivity index (χ0v) is 17.4. The zero-order chi connectivity index (χ0) is 20.4. The number of thiophene rings is 1. The monoisotopic (exact) mass is 412 g/mol. The van der Waals surface area contributed by atoms with Crippen molar-refractivity contribution in [3.63, 3.8) is 0 Å². The second-order valence-electron chi connectivity index (χ2n) is 7.06. The summed E-state index contributed by atoms with van der Waals surface area (Å²) in [6, 6.07) is 9.19. The van der Waals surface area contributed by atoms with Gasteiger partial charge in [0.2, 0.25) is 0 Å². The summed E-state index contributed by atoms with van der Waals surface area (Å²) in [6.07, 6.45) is 1.86. The van der Waals surface area contributed by atoms with Gasteiger partial charge >= 0.3 is 5.97 Å². The third-order valence-electron chi connectivity index (χ3n) is 5.03. The number of ether oxygens (including phenoxy) is 1. The van der Waals surface area contributed by atoms with Crippen LogP contribution in [0.15, 0.2) is 34.7 Å². The predicted octanol–water partition coefficient (Wildman–Crippen LogP) is 4.69. The van der Waals surface area contributed by atoms with Crippen LogP contribution in [-0.4, -0.2) is 36.5 Å². The molecule has 7 heteroatoms.